The Labute approximate surface area is 155 Å². The van der Waals surface area contributed by atoms with Gasteiger partial charge in [0, 0.05) is 17.8 Å². The number of alkyl halides is 2. The summed E-state index contributed by atoms with van der Waals surface area (Å²) >= 11 is 6.71. The van der Waals surface area contributed by atoms with E-state index in [0.29, 0.717) is 28.9 Å². The van der Waals surface area contributed by atoms with Gasteiger partial charge in [0.05, 0.1) is 22.8 Å². The van der Waals surface area contributed by atoms with Crippen molar-refractivity contribution in [3.63, 3.8) is 0 Å². The average molecular weight is 393 g/mol. The zero-order valence-corrected chi connectivity index (χ0v) is 14.7. The van der Waals surface area contributed by atoms with E-state index >= 15 is 0 Å². The summed E-state index contributed by atoms with van der Waals surface area (Å²) in [6.07, 6.45) is 0.879. The molecule has 0 radical (unpaired) electrons. The van der Waals surface area contributed by atoms with Crippen molar-refractivity contribution in [2.24, 2.45) is 0 Å². The number of halogens is 3. The minimum atomic E-state index is -2.57. The van der Waals surface area contributed by atoms with Gasteiger partial charge in [-0.15, -0.1) is 11.3 Å². The van der Waals surface area contributed by atoms with E-state index in [9.17, 15) is 13.6 Å². The number of hydrogen-bond donors (Lipinski definition) is 0. The van der Waals surface area contributed by atoms with Gasteiger partial charge >= 0.3 is 5.69 Å². The fourth-order valence-corrected chi connectivity index (χ4v) is 3.55. The van der Waals surface area contributed by atoms with Crippen LogP contribution in [0.5, 0.6) is 0 Å². The molecule has 0 aromatic carbocycles. The lowest BCUT2D eigenvalue weighted by molar-refractivity contribution is 0.155. The molecule has 0 saturated heterocycles. The number of aromatic nitrogens is 4. The first-order valence-electron chi connectivity index (χ1n) is 7.58. The summed E-state index contributed by atoms with van der Waals surface area (Å²) < 4.78 is 28.9. The molecular weight excluding hydrogens is 382 g/mol. The number of nitrogens with zero attached hydrogens (tertiary/aromatic N) is 4. The van der Waals surface area contributed by atoms with Crippen molar-refractivity contribution in [2.45, 2.75) is 13.0 Å². The molecule has 2 aliphatic heterocycles. The van der Waals surface area contributed by atoms with Gasteiger partial charge in [0.2, 0.25) is 0 Å². The lowest BCUT2D eigenvalue weighted by Crippen LogP contribution is -2.13. The van der Waals surface area contributed by atoms with Crippen LogP contribution >= 0.6 is 22.9 Å². The van der Waals surface area contributed by atoms with Crippen molar-refractivity contribution in [3.05, 3.63) is 74.2 Å². The first kappa shape index (κ1) is 16.9. The molecule has 0 fully saturated rings. The third-order valence-electron chi connectivity index (χ3n) is 3.88. The van der Waals surface area contributed by atoms with Crippen LogP contribution in [0.25, 0.3) is 17.2 Å². The van der Waals surface area contributed by atoms with E-state index < -0.39 is 12.1 Å². The monoisotopic (exact) mass is 392 g/mol. The van der Waals surface area contributed by atoms with E-state index in [1.807, 2.05) is 6.07 Å². The maximum Gasteiger partial charge on any atom is 0.354 e. The van der Waals surface area contributed by atoms with E-state index in [1.165, 1.54) is 16.0 Å². The Hall–Kier alpha value is -2.58. The van der Waals surface area contributed by atoms with Crippen LogP contribution in [0, 0.1) is 0 Å². The first-order chi connectivity index (χ1) is 12.5. The van der Waals surface area contributed by atoms with Gasteiger partial charge in [0.25, 0.3) is 6.43 Å². The molecule has 132 valence electrons. The highest BCUT2D eigenvalue weighted by molar-refractivity contribution is 7.10. The van der Waals surface area contributed by atoms with Gasteiger partial charge in [-0.1, -0.05) is 17.7 Å². The summed E-state index contributed by atoms with van der Waals surface area (Å²) in [7, 11) is 0. The lowest BCUT2D eigenvalue weighted by atomic mass is 10.2. The molecule has 0 saturated carbocycles. The maximum atomic E-state index is 12.9. The SMILES string of the molecule is O=c1nc2n(Cc3ccc(Cl)nc3)cccc-2n1-c1csc(C(F)F)c1. The first-order valence-corrected chi connectivity index (χ1v) is 8.84. The highest BCUT2D eigenvalue weighted by atomic mass is 35.5. The van der Waals surface area contributed by atoms with E-state index in [-0.39, 0.29) is 4.88 Å². The molecule has 26 heavy (non-hydrogen) atoms. The van der Waals surface area contributed by atoms with Crippen LogP contribution in [-0.2, 0) is 6.54 Å². The molecule has 0 aliphatic carbocycles. The predicted molar refractivity (Wildman–Crippen MR) is 95.6 cm³/mol. The fourth-order valence-electron chi connectivity index (χ4n) is 2.72. The second-order valence-electron chi connectivity index (χ2n) is 5.57. The van der Waals surface area contributed by atoms with E-state index in [4.69, 9.17) is 11.6 Å². The highest BCUT2D eigenvalue weighted by Gasteiger charge is 2.20. The Morgan fingerprint density at radius 2 is 2.12 bits per heavy atom. The average Bonchev–Trinajstić information content (AvgIpc) is 3.21. The number of thiophene rings is 1. The van der Waals surface area contributed by atoms with Crippen LogP contribution in [-0.4, -0.2) is 19.1 Å². The van der Waals surface area contributed by atoms with Crippen LogP contribution in [0.2, 0.25) is 5.15 Å². The molecule has 2 aliphatic rings. The van der Waals surface area contributed by atoms with Crippen molar-refractivity contribution in [1.82, 2.24) is 19.1 Å². The number of hydrogen-bond acceptors (Lipinski definition) is 4. The molecule has 0 unspecified atom stereocenters. The predicted octanol–water partition coefficient (Wildman–Crippen LogP) is 4.23. The van der Waals surface area contributed by atoms with Crippen LogP contribution < -0.4 is 5.69 Å². The molecule has 2 aromatic rings. The van der Waals surface area contributed by atoms with E-state index in [0.717, 1.165) is 16.9 Å². The standard InChI is InChI=1S/C17H11ClF2N4OS/c18-14-4-3-10(7-21-14)8-23-5-1-2-12-16(23)22-17(25)24(12)11-6-13(15(19)20)26-9-11/h1-7,9,15H,8H2. The molecular formula is C17H11ClF2N4OS. The van der Waals surface area contributed by atoms with Gasteiger partial charge in [0.15, 0.2) is 5.82 Å². The Balaban J connectivity index is 1.75. The van der Waals surface area contributed by atoms with Crippen LogP contribution in [0.1, 0.15) is 16.9 Å². The molecule has 5 nitrogen and oxygen atoms in total. The molecule has 0 bridgehead atoms. The van der Waals surface area contributed by atoms with E-state index in [1.54, 1.807) is 35.2 Å². The Morgan fingerprint density at radius 1 is 1.27 bits per heavy atom. The summed E-state index contributed by atoms with van der Waals surface area (Å²) in [6.45, 7) is 0.448. The minimum Gasteiger partial charge on any atom is -0.327 e. The van der Waals surface area contributed by atoms with Gasteiger partial charge in [-0.3, -0.25) is 4.57 Å². The largest absolute Gasteiger partial charge is 0.354 e. The molecule has 4 heterocycles. The summed E-state index contributed by atoms with van der Waals surface area (Å²) in [6, 6.07) is 8.36. The molecule has 2 aromatic heterocycles. The fraction of sp³-hybridized carbons (Fsp3) is 0.118. The molecule has 0 amide bonds. The second-order valence-corrected chi connectivity index (χ2v) is 6.90. The topological polar surface area (TPSA) is 52.7 Å². The highest BCUT2D eigenvalue weighted by Crippen LogP contribution is 2.30. The third-order valence-corrected chi connectivity index (χ3v) is 5.03. The Morgan fingerprint density at radius 3 is 2.81 bits per heavy atom. The molecule has 9 heteroatoms. The number of imidazole rings is 1. The maximum absolute atomic E-state index is 12.9. The molecule has 0 N–H and O–H groups in total. The zero-order valence-electron chi connectivity index (χ0n) is 13.1. The Kier molecular flexibility index (Phi) is 4.29. The van der Waals surface area contributed by atoms with Gasteiger partial charge in [-0.05, 0) is 29.8 Å². The molecule has 0 spiro atoms. The van der Waals surface area contributed by atoms with Crippen molar-refractivity contribution in [1.29, 1.82) is 0 Å². The van der Waals surface area contributed by atoms with Crippen molar-refractivity contribution < 1.29 is 8.78 Å². The van der Waals surface area contributed by atoms with Crippen LogP contribution in [0.4, 0.5) is 8.78 Å². The van der Waals surface area contributed by atoms with Gasteiger partial charge < -0.3 is 4.57 Å². The van der Waals surface area contributed by atoms with Gasteiger partial charge in [-0.25, -0.2) is 18.6 Å². The minimum absolute atomic E-state index is 0.0858. The lowest BCUT2D eigenvalue weighted by Gasteiger charge is -2.12. The number of fused-ring (bicyclic) bond motifs is 1. The summed E-state index contributed by atoms with van der Waals surface area (Å²) in [5.74, 6) is 0.470. The zero-order chi connectivity index (χ0) is 18.3. The summed E-state index contributed by atoms with van der Waals surface area (Å²) in [4.78, 5) is 20.4. The van der Waals surface area contributed by atoms with Gasteiger partial charge in [0.1, 0.15) is 5.15 Å². The van der Waals surface area contributed by atoms with E-state index in [2.05, 4.69) is 9.97 Å². The molecule has 0 atom stereocenters. The smallest absolute Gasteiger partial charge is 0.327 e. The van der Waals surface area contributed by atoms with Gasteiger partial charge in [-0.2, -0.15) is 4.98 Å². The van der Waals surface area contributed by atoms with Crippen molar-refractivity contribution in [3.8, 4) is 17.2 Å². The summed E-state index contributed by atoms with van der Waals surface area (Å²) in [5.41, 5.74) is 1.33. The molecule has 4 rings (SSSR count). The quantitative estimate of drug-likeness (QED) is 0.488. The van der Waals surface area contributed by atoms with Crippen molar-refractivity contribution in [2.75, 3.05) is 0 Å². The number of pyridine rings is 2. The normalized spacial score (nSPS) is 11.5. The van der Waals surface area contributed by atoms with Crippen molar-refractivity contribution >= 4 is 22.9 Å². The van der Waals surface area contributed by atoms with Crippen LogP contribution in [0.15, 0.2) is 52.9 Å². The Bertz CT molecular complexity index is 1090. The number of rotatable bonds is 4. The summed E-state index contributed by atoms with van der Waals surface area (Å²) in [5, 5.41) is 1.93. The third kappa shape index (κ3) is 3.02. The van der Waals surface area contributed by atoms with Crippen LogP contribution in [0.3, 0.4) is 0 Å². The second kappa shape index (κ2) is 6.62.